The third kappa shape index (κ3) is 3.35. The van der Waals surface area contributed by atoms with E-state index in [-0.39, 0.29) is 11.3 Å². The zero-order valence-electron chi connectivity index (χ0n) is 14.1. The van der Waals surface area contributed by atoms with E-state index in [4.69, 9.17) is 4.74 Å². The van der Waals surface area contributed by atoms with Crippen LogP contribution in [-0.4, -0.2) is 28.5 Å². The number of benzene rings is 1. The van der Waals surface area contributed by atoms with E-state index in [9.17, 15) is 14.4 Å². The molecule has 0 radical (unpaired) electrons. The van der Waals surface area contributed by atoms with Crippen molar-refractivity contribution in [2.24, 2.45) is 0 Å². The first-order chi connectivity index (χ1) is 11.8. The number of amides is 3. The summed E-state index contributed by atoms with van der Waals surface area (Å²) in [5, 5.41) is 2.59. The van der Waals surface area contributed by atoms with Gasteiger partial charge in [-0.3, -0.25) is 19.9 Å². The first-order valence-electron chi connectivity index (χ1n) is 7.70. The number of fused-ring (bicyclic) bond motifs is 1. The maximum absolute atomic E-state index is 12.4. The van der Waals surface area contributed by atoms with Crippen molar-refractivity contribution in [2.75, 3.05) is 10.2 Å². The molecule has 3 rings (SSSR count). The van der Waals surface area contributed by atoms with Gasteiger partial charge in [0.25, 0.3) is 11.8 Å². The fourth-order valence-corrected chi connectivity index (χ4v) is 2.42. The Bertz CT molecular complexity index is 818. The zero-order chi connectivity index (χ0) is 18.2. The van der Waals surface area contributed by atoms with E-state index in [1.165, 1.54) is 6.20 Å². The standard InChI is InChI=1S/C18H17N3O4/c1-18(2,3)25-17(24)20-11-6-8-12(9-7-11)21-15(22)13-5-4-10-19-14(13)16(21)23/h4-10H,1-3H3,(H,20,24). The van der Waals surface area contributed by atoms with Crippen LogP contribution in [0.15, 0.2) is 42.6 Å². The fourth-order valence-electron chi connectivity index (χ4n) is 2.42. The minimum absolute atomic E-state index is 0.142. The Balaban J connectivity index is 1.77. The molecule has 0 spiro atoms. The van der Waals surface area contributed by atoms with E-state index >= 15 is 0 Å². The monoisotopic (exact) mass is 339 g/mol. The lowest BCUT2D eigenvalue weighted by atomic mass is 10.2. The third-order valence-corrected chi connectivity index (χ3v) is 3.42. The molecule has 2 aromatic rings. The maximum atomic E-state index is 12.4. The molecule has 0 unspecified atom stereocenters. The molecule has 0 atom stereocenters. The van der Waals surface area contributed by atoms with Gasteiger partial charge in [-0.2, -0.15) is 0 Å². The Morgan fingerprint density at radius 1 is 1.08 bits per heavy atom. The number of anilines is 2. The molecular formula is C18H17N3O4. The summed E-state index contributed by atoms with van der Waals surface area (Å²) in [6.07, 6.45) is 0.895. The normalized spacial score (nSPS) is 13.6. The quantitative estimate of drug-likeness (QED) is 0.849. The number of hydrogen-bond donors (Lipinski definition) is 1. The highest BCUT2D eigenvalue weighted by Gasteiger charge is 2.37. The number of aromatic nitrogens is 1. The second-order valence-corrected chi connectivity index (χ2v) is 6.52. The van der Waals surface area contributed by atoms with Gasteiger partial charge in [-0.05, 0) is 57.2 Å². The van der Waals surface area contributed by atoms with Gasteiger partial charge >= 0.3 is 6.09 Å². The van der Waals surface area contributed by atoms with Crippen LogP contribution >= 0.6 is 0 Å². The number of ether oxygens (including phenoxy) is 1. The number of nitrogens with one attached hydrogen (secondary N) is 1. The van der Waals surface area contributed by atoms with Crippen LogP contribution in [0.2, 0.25) is 0 Å². The van der Waals surface area contributed by atoms with E-state index in [1.807, 2.05) is 0 Å². The van der Waals surface area contributed by atoms with E-state index < -0.39 is 23.5 Å². The highest BCUT2D eigenvalue weighted by Crippen LogP contribution is 2.28. The smallest absolute Gasteiger partial charge is 0.412 e. The molecule has 0 bridgehead atoms. The molecule has 0 fully saturated rings. The van der Waals surface area contributed by atoms with Crippen molar-refractivity contribution in [1.82, 2.24) is 4.98 Å². The average molecular weight is 339 g/mol. The van der Waals surface area contributed by atoms with Crippen LogP contribution in [0.5, 0.6) is 0 Å². The second-order valence-electron chi connectivity index (χ2n) is 6.52. The highest BCUT2D eigenvalue weighted by molar-refractivity contribution is 6.33. The summed E-state index contributed by atoms with van der Waals surface area (Å²) in [7, 11) is 0. The predicted molar refractivity (Wildman–Crippen MR) is 91.7 cm³/mol. The van der Waals surface area contributed by atoms with Crippen LogP contribution < -0.4 is 10.2 Å². The fraction of sp³-hybridized carbons (Fsp3) is 0.222. The molecule has 25 heavy (non-hydrogen) atoms. The van der Waals surface area contributed by atoms with Gasteiger partial charge in [0.05, 0.1) is 11.3 Å². The zero-order valence-corrected chi connectivity index (χ0v) is 14.1. The van der Waals surface area contributed by atoms with Gasteiger partial charge in [0.1, 0.15) is 11.3 Å². The number of nitrogens with zero attached hydrogens (tertiary/aromatic N) is 2. The minimum atomic E-state index is -0.600. The summed E-state index contributed by atoms with van der Waals surface area (Å²) in [5.74, 6) is -0.880. The predicted octanol–water partition coefficient (Wildman–Crippen LogP) is 3.23. The van der Waals surface area contributed by atoms with E-state index in [2.05, 4.69) is 10.3 Å². The topological polar surface area (TPSA) is 88.6 Å². The maximum Gasteiger partial charge on any atom is 0.412 e. The number of rotatable bonds is 2. The molecule has 128 valence electrons. The van der Waals surface area contributed by atoms with Gasteiger partial charge in [-0.15, -0.1) is 0 Å². The van der Waals surface area contributed by atoms with Crippen LogP contribution in [0.25, 0.3) is 0 Å². The molecule has 3 amide bonds. The summed E-state index contributed by atoms with van der Waals surface area (Å²) >= 11 is 0. The Labute approximate surface area is 144 Å². The van der Waals surface area contributed by atoms with Crippen LogP contribution in [0.1, 0.15) is 41.6 Å². The molecule has 7 heteroatoms. The van der Waals surface area contributed by atoms with Crippen molar-refractivity contribution >= 4 is 29.3 Å². The molecule has 0 saturated heterocycles. The number of hydrogen-bond acceptors (Lipinski definition) is 5. The molecule has 1 aromatic heterocycles. The lowest BCUT2D eigenvalue weighted by molar-refractivity contribution is 0.0635. The SMILES string of the molecule is CC(C)(C)OC(=O)Nc1ccc(N2C(=O)c3cccnc3C2=O)cc1. The summed E-state index contributed by atoms with van der Waals surface area (Å²) in [6, 6.07) is 9.53. The van der Waals surface area contributed by atoms with Gasteiger partial charge in [0.2, 0.25) is 0 Å². The van der Waals surface area contributed by atoms with Crippen molar-refractivity contribution in [1.29, 1.82) is 0 Å². The summed E-state index contributed by atoms with van der Waals surface area (Å²) < 4.78 is 5.17. The molecule has 1 N–H and O–H groups in total. The van der Waals surface area contributed by atoms with Gasteiger partial charge in [0.15, 0.2) is 0 Å². The summed E-state index contributed by atoms with van der Waals surface area (Å²) in [6.45, 7) is 5.31. The largest absolute Gasteiger partial charge is 0.444 e. The second kappa shape index (κ2) is 6.01. The number of pyridine rings is 1. The molecule has 1 aliphatic rings. The number of carbonyl (C=O) groups is 3. The van der Waals surface area contributed by atoms with Crippen LogP contribution in [0, 0.1) is 0 Å². The number of carbonyl (C=O) groups excluding carboxylic acids is 3. The Kier molecular flexibility index (Phi) is 4.00. The van der Waals surface area contributed by atoms with E-state index in [1.54, 1.807) is 57.2 Å². The Morgan fingerprint density at radius 3 is 2.36 bits per heavy atom. The lowest BCUT2D eigenvalue weighted by Crippen LogP contribution is -2.29. The van der Waals surface area contributed by atoms with E-state index in [0.29, 0.717) is 11.4 Å². The molecule has 2 heterocycles. The molecule has 1 aliphatic heterocycles. The van der Waals surface area contributed by atoms with E-state index in [0.717, 1.165) is 4.90 Å². The highest BCUT2D eigenvalue weighted by atomic mass is 16.6. The van der Waals surface area contributed by atoms with Crippen LogP contribution in [0.3, 0.4) is 0 Å². The lowest BCUT2D eigenvalue weighted by Gasteiger charge is -2.20. The Morgan fingerprint density at radius 2 is 1.76 bits per heavy atom. The first-order valence-corrected chi connectivity index (χ1v) is 7.70. The summed E-state index contributed by atoms with van der Waals surface area (Å²) in [4.78, 5) is 41.6. The molecule has 1 aromatic carbocycles. The molecule has 7 nitrogen and oxygen atoms in total. The van der Waals surface area contributed by atoms with Crippen molar-refractivity contribution < 1.29 is 19.1 Å². The van der Waals surface area contributed by atoms with Gasteiger partial charge in [-0.25, -0.2) is 9.69 Å². The van der Waals surface area contributed by atoms with Gasteiger partial charge in [0, 0.05) is 11.9 Å². The van der Waals surface area contributed by atoms with Gasteiger partial charge in [-0.1, -0.05) is 0 Å². The van der Waals surface area contributed by atoms with Gasteiger partial charge < -0.3 is 4.74 Å². The summed E-state index contributed by atoms with van der Waals surface area (Å²) in [5.41, 5.74) is 0.722. The Hall–Kier alpha value is -3.22. The van der Waals surface area contributed by atoms with Crippen molar-refractivity contribution in [3.63, 3.8) is 0 Å². The van der Waals surface area contributed by atoms with Crippen LogP contribution in [0.4, 0.5) is 16.2 Å². The first kappa shape index (κ1) is 16.6. The molecule has 0 saturated carbocycles. The van der Waals surface area contributed by atoms with Crippen molar-refractivity contribution in [3.8, 4) is 0 Å². The molecular weight excluding hydrogens is 322 g/mol. The van der Waals surface area contributed by atoms with Crippen molar-refractivity contribution in [2.45, 2.75) is 26.4 Å². The number of imide groups is 1. The van der Waals surface area contributed by atoms with Crippen LogP contribution in [-0.2, 0) is 4.74 Å². The van der Waals surface area contributed by atoms with Crippen molar-refractivity contribution in [3.05, 3.63) is 53.9 Å². The molecule has 0 aliphatic carbocycles. The average Bonchev–Trinajstić information content (AvgIpc) is 2.79. The minimum Gasteiger partial charge on any atom is -0.444 e. The third-order valence-electron chi connectivity index (χ3n) is 3.42.